The van der Waals surface area contributed by atoms with Crippen molar-refractivity contribution in [2.24, 2.45) is 5.73 Å². The van der Waals surface area contributed by atoms with Crippen molar-refractivity contribution in [3.05, 3.63) is 95.3 Å². The number of aliphatic hydroxyl groups is 2. The molecule has 71 heteroatoms. The summed E-state index contributed by atoms with van der Waals surface area (Å²) >= 11 is 9.50. The van der Waals surface area contributed by atoms with Crippen molar-refractivity contribution in [3.63, 3.8) is 0 Å². The van der Waals surface area contributed by atoms with Crippen LogP contribution in [0.4, 0.5) is 28.5 Å². The van der Waals surface area contributed by atoms with E-state index in [1.54, 1.807) is 6.26 Å². The van der Waals surface area contributed by atoms with Crippen LogP contribution in [0.1, 0.15) is 75.2 Å². The lowest BCUT2D eigenvalue weighted by Crippen LogP contribution is -2.58. The normalized spacial score (nSPS) is 26.2. The number of anilines is 4. The number of nitrogens with zero attached hydrogens (tertiary/aromatic N) is 14. The van der Waals surface area contributed by atoms with E-state index in [2.05, 4.69) is 101 Å². The molecule has 24 N–H and O–H groups in total. The summed E-state index contributed by atoms with van der Waals surface area (Å²) in [5, 5.41) is 38.6. The largest absolute Gasteiger partial charge is 0.472 e. The molecular weight excluding hydrogens is 1990 g/mol. The van der Waals surface area contributed by atoms with E-state index in [9.17, 15) is 111 Å². The molecule has 0 aliphatic carbocycles. The third-order valence-electron chi connectivity index (χ3n) is 21.3. The van der Waals surface area contributed by atoms with Crippen LogP contribution in [0.15, 0.2) is 61.8 Å². The number of H-pyrrole nitrogens is 4. The third-order valence-corrected chi connectivity index (χ3v) is 28.1. The van der Waals surface area contributed by atoms with Gasteiger partial charge in [-0.3, -0.25) is 127 Å². The first kappa shape index (κ1) is 102. The number of thiol groups is 2. The highest BCUT2D eigenvalue weighted by Gasteiger charge is 2.52. The number of carbonyl (C=O) groups is 5. The quantitative estimate of drug-likeness (QED) is 0.0127. The molecule has 9 aromatic rings. The molecule has 14 rings (SSSR count). The number of thioether (sulfide) groups is 1. The number of carboxylic acid groups (broad SMARTS) is 1. The van der Waals surface area contributed by atoms with Crippen LogP contribution in [-0.4, -0.2) is 305 Å². The Morgan fingerprint density at radius 3 is 1.35 bits per heavy atom. The Hall–Kier alpha value is -9.65. The van der Waals surface area contributed by atoms with Crippen molar-refractivity contribution < 1.29 is 151 Å². The summed E-state index contributed by atoms with van der Waals surface area (Å²) in [7, 11) is -28.2. The second-order valence-electron chi connectivity index (χ2n) is 30.6. The summed E-state index contributed by atoms with van der Waals surface area (Å²) in [4.78, 5) is 233. The Morgan fingerprint density at radius 2 is 0.904 bits per heavy atom. The molecule has 742 valence electrons. The molecule has 9 aromatic heterocycles. The van der Waals surface area contributed by atoms with Crippen molar-refractivity contribution in [1.82, 2.24) is 104 Å². The number of hydrogen-bond donors (Lipinski definition) is 22. The van der Waals surface area contributed by atoms with Crippen molar-refractivity contribution in [2.45, 2.75) is 162 Å². The maximum Gasteiger partial charge on any atom is 0.472 e. The number of phosphoric ester groups is 4. The average Bonchev–Trinajstić information content (AvgIpc) is 1.63. The van der Waals surface area contributed by atoms with Crippen LogP contribution >= 0.6 is 75.9 Å². The van der Waals surface area contributed by atoms with Gasteiger partial charge in [0.25, 0.3) is 27.8 Å². The Kier molecular flexibility index (Phi) is 31.7. The Morgan fingerprint density at radius 1 is 0.515 bits per heavy atom. The number of aromatic nitrogens is 18. The van der Waals surface area contributed by atoms with Gasteiger partial charge in [0.1, 0.15) is 122 Å². The van der Waals surface area contributed by atoms with Crippen molar-refractivity contribution in [3.8, 4) is 0 Å². The molecule has 0 spiro atoms. The average molecular weight is 2080 g/mol. The van der Waals surface area contributed by atoms with Gasteiger partial charge in [0, 0.05) is 55.4 Å². The molecular formula is C65H87N26O37P5S3. The zero-order valence-corrected chi connectivity index (χ0v) is 77.1. The van der Waals surface area contributed by atoms with E-state index in [1.165, 1.54) is 34.1 Å². The molecule has 136 heavy (non-hydrogen) atoms. The zero-order chi connectivity index (χ0) is 98.1. The number of nitrogens with one attached hydrogen (secondary N) is 8. The number of amides is 4. The number of hydrogen-bond acceptors (Lipinski definition) is 47. The number of nitrogens with two attached hydrogens (primary N) is 4. The van der Waals surface area contributed by atoms with E-state index in [1.807, 2.05) is 10.3 Å². The molecule has 5 aliphatic rings. The van der Waals surface area contributed by atoms with E-state index in [0.717, 1.165) is 45.2 Å². The van der Waals surface area contributed by atoms with Gasteiger partial charge in [0.15, 0.2) is 45.0 Å². The van der Waals surface area contributed by atoms with Crippen molar-refractivity contribution >= 4 is 174 Å². The number of rotatable bonds is 43. The lowest BCUT2D eigenvalue weighted by Gasteiger charge is -2.26. The predicted octanol–water partition coefficient (Wildman–Crippen LogP) is -4.16. The number of aryl methyl sites for hydroxylation is 1. The molecule has 5 fully saturated rings. The van der Waals surface area contributed by atoms with E-state index in [4.69, 9.17) is 87.3 Å². The SMILES string of the molecule is CSCC[C@H](NC(=O)[C@@H](N)CO)C(=O)N[C@@H](CS)C(=O)N[C@@H](CS)C(=O)P(=O)(O)OCC1OC(n2cc(C)c(=O)[nH]c2=O)CC1OP(=O)(O)OCC1OC(n2cnc3c(N)ncnc32)CC1OP(=O)(O)OCC1OC(n2cnc3c(=O)[nH]c(N)nc32)CC1OP(=O)(O)OCC1OC(n2cnc3c(=O)[nH]c(N)nc32)CC1OP(=O)(O)OCC1OC(n2cnc3c(=O)[nH]c(NC(=O)O)nc32)CC1O. The molecule has 0 aromatic carbocycles. The van der Waals surface area contributed by atoms with Gasteiger partial charge in [-0.25, -0.2) is 57.8 Å². The third kappa shape index (κ3) is 23.7. The standard InChI is InChI=1S/C65H87N26O37P5S3/c1-24-10-87(64(102)85-53(24)94)40-6-30(35(121-40)13-115-129(105,106)60(101)28(18-135)78-56(97)27(17-134)77-55(96)26(3-4-136-2)76-54(95)25(66)11-92)125-131(109,110)117-14-36-31(7-41(122-36)88-20-72-44-48(67)70-19-71-49(44)88)127-132(111,112)118-16-38-33(9-43(124-38)91-23-74-46-51(91)80-62(69)83-58(46)99)128-133(113,114)119-15-37-32(8-42(123-37)90-22-73-45-50(90)79-61(68)82-57(45)98)126-130(107,108)116-12-34-29(93)5-39(120-34)89-21-75-47-52(89)81-63(84-59(47)100)86-65(103)104/h10,19-23,25-43,92-93,134-135H,3-9,11-18,66H2,1-2H3,(H,76,95)(H,77,96)(H,78,97)(H,103,104)(H,105,106)(H,107,108)(H,109,110)(H,111,112)(H,113,114)(H2,67,70,71)(H,85,94,102)(H3,68,79,82,98)(H3,69,80,83,99)(H2,81,84,86,100)/t25-,26-,27-,28-,29?,30?,31?,32?,33?,34?,35?,36?,37?,38?,39?,40?,41?,42?,43?/m0/s1. The molecule has 4 amide bonds. The van der Waals surface area contributed by atoms with Gasteiger partial charge in [-0.2, -0.15) is 52.0 Å². The molecule has 5 saturated heterocycles. The number of fused-ring (bicyclic) bond motifs is 4. The summed E-state index contributed by atoms with van der Waals surface area (Å²) in [6.07, 6.45) is -20.3. The number of ether oxygens (including phenoxy) is 5. The maximum absolute atomic E-state index is 14.6. The predicted molar refractivity (Wildman–Crippen MR) is 464 cm³/mol. The van der Waals surface area contributed by atoms with Crippen LogP contribution in [0.5, 0.6) is 0 Å². The molecule has 5 aliphatic heterocycles. The molecule has 0 bridgehead atoms. The highest BCUT2D eigenvalue weighted by atomic mass is 32.2. The van der Waals surface area contributed by atoms with Gasteiger partial charge in [0.2, 0.25) is 35.6 Å². The monoisotopic (exact) mass is 2070 g/mol. The highest BCUT2D eigenvalue weighted by molar-refractivity contribution is 7.98. The maximum atomic E-state index is 14.6. The summed E-state index contributed by atoms with van der Waals surface area (Å²) in [6, 6.07) is -6.28. The smallest absolute Gasteiger partial charge is 0.465 e. The highest BCUT2D eigenvalue weighted by Crippen LogP contribution is 2.56. The Bertz CT molecular complexity index is 6590. The summed E-state index contributed by atoms with van der Waals surface area (Å²) in [6.45, 7) is -5.04. The van der Waals surface area contributed by atoms with E-state index in [0.29, 0.717) is 5.75 Å². The van der Waals surface area contributed by atoms with Crippen LogP contribution in [0.3, 0.4) is 0 Å². The minimum absolute atomic E-state index is 0.00309. The van der Waals surface area contributed by atoms with Crippen LogP contribution in [0.2, 0.25) is 0 Å². The van der Waals surface area contributed by atoms with E-state index < -0.39 is 301 Å². The van der Waals surface area contributed by atoms with Crippen LogP contribution in [0, 0.1) is 6.92 Å². The van der Waals surface area contributed by atoms with Gasteiger partial charge < -0.3 is 107 Å². The number of carbonyl (C=O) groups excluding carboxylic acids is 4. The van der Waals surface area contributed by atoms with E-state index >= 15 is 0 Å². The first-order valence-corrected chi connectivity index (χ1v) is 50.3. The number of imidazole rings is 4. The fraction of sp³-hybridized carbons (Fsp3) is 0.554. The van der Waals surface area contributed by atoms with Crippen molar-refractivity contribution in [2.75, 3.05) is 85.7 Å². The lowest BCUT2D eigenvalue weighted by atomic mass is 10.1. The summed E-state index contributed by atoms with van der Waals surface area (Å²) in [5.74, 6) is -5.24. The second-order valence-corrected chi connectivity index (χ2v) is 39.7. The molecule has 0 saturated carbocycles. The Labute approximate surface area is 772 Å². The fourth-order valence-corrected chi connectivity index (χ4v) is 20.7. The van der Waals surface area contributed by atoms with Gasteiger partial charge in [-0.1, -0.05) is 0 Å². The van der Waals surface area contributed by atoms with Gasteiger partial charge in [0.05, 0.1) is 71.1 Å². The minimum Gasteiger partial charge on any atom is -0.465 e. The zero-order valence-electron chi connectivity index (χ0n) is 70.1. The first-order chi connectivity index (χ1) is 64.3. The number of nitrogen functional groups attached to an aromatic ring is 3. The summed E-state index contributed by atoms with van der Waals surface area (Å²) in [5.41, 5.74) is 15.9. The minimum atomic E-state index is -5.70. The van der Waals surface area contributed by atoms with Gasteiger partial charge in [-0.05, 0) is 25.4 Å². The van der Waals surface area contributed by atoms with Crippen LogP contribution < -0.4 is 72.1 Å². The van der Waals surface area contributed by atoms with Crippen LogP contribution in [0.25, 0.3) is 44.7 Å². The summed E-state index contributed by atoms with van der Waals surface area (Å²) < 4.78 is 158. The Balaban J connectivity index is 0.668. The molecule has 0 radical (unpaired) electrons. The molecule has 20 unspecified atom stereocenters. The van der Waals surface area contributed by atoms with Gasteiger partial charge in [-0.15, -0.1) is 0 Å². The second kappa shape index (κ2) is 42.2. The van der Waals surface area contributed by atoms with Crippen LogP contribution in [-0.2, 0) is 106 Å². The topological polar surface area (TPSA) is 903 Å². The fourth-order valence-electron chi connectivity index (χ4n) is 14.8. The molecule has 63 nitrogen and oxygen atoms in total. The van der Waals surface area contributed by atoms with E-state index in [-0.39, 0.29) is 74.8 Å². The first-order valence-electron chi connectivity index (χ1n) is 40.1. The molecule has 24 atom stereocenters. The number of phosphoric acid groups is 4. The molecule has 14 heterocycles. The van der Waals surface area contributed by atoms with Crippen molar-refractivity contribution in [1.29, 1.82) is 0 Å². The van der Waals surface area contributed by atoms with Gasteiger partial charge >= 0.3 is 50.7 Å². The number of aliphatic hydroxyl groups excluding tert-OH is 2. The lowest BCUT2D eigenvalue weighted by molar-refractivity contribution is -0.132. The number of aromatic amines is 4.